The Labute approximate surface area is 657 Å². The van der Waals surface area contributed by atoms with Gasteiger partial charge in [0.05, 0.1) is 32.5 Å². The van der Waals surface area contributed by atoms with Crippen molar-refractivity contribution in [2.75, 3.05) is 58.9 Å². The highest BCUT2D eigenvalue weighted by Gasteiger charge is 2.48. The molecule has 4 aliphatic rings. The van der Waals surface area contributed by atoms with Crippen LogP contribution in [0.15, 0.2) is 0 Å². The molecule has 0 bridgehead atoms. The number of nitrogens with two attached hydrogens (primary N) is 2. The van der Waals surface area contributed by atoms with E-state index in [1.54, 1.807) is 27.7 Å². The number of hydrogen-bond acceptors (Lipinski definition) is 22. The molecule has 44 nitrogen and oxygen atoms in total. The van der Waals surface area contributed by atoms with E-state index >= 15 is 0 Å². The van der Waals surface area contributed by atoms with Crippen LogP contribution in [0, 0.1) is 17.2 Å². The highest BCUT2D eigenvalue weighted by molar-refractivity contribution is 6.01. The molecule has 4 heterocycles. The van der Waals surface area contributed by atoms with Crippen LogP contribution in [-0.4, -0.2) is 302 Å². The van der Waals surface area contributed by atoms with E-state index in [1.165, 1.54) is 26.5 Å². The summed E-state index contributed by atoms with van der Waals surface area (Å²) >= 11 is 0. The maximum Gasteiger partial charge on any atom is 0.326 e. The number of nitrogens with zero attached hydrogens (tertiary/aromatic N) is 4. The van der Waals surface area contributed by atoms with Gasteiger partial charge in [-0.15, -0.1) is 0 Å². The Morgan fingerprint density at radius 3 is 1.35 bits per heavy atom. The lowest BCUT2D eigenvalue weighted by molar-refractivity contribution is -0.151. The lowest BCUT2D eigenvalue weighted by atomic mass is 9.99. The van der Waals surface area contributed by atoms with Crippen LogP contribution in [0.5, 0.6) is 0 Å². The first kappa shape index (κ1) is 95.0. The first-order chi connectivity index (χ1) is 53.6. The van der Waals surface area contributed by atoms with Gasteiger partial charge in [0.2, 0.25) is 94.5 Å². The van der Waals surface area contributed by atoms with Gasteiger partial charge in [0.15, 0.2) is 5.96 Å². The zero-order valence-corrected chi connectivity index (χ0v) is 65.1. The molecule has 4 fully saturated rings. The Morgan fingerprint density at radius 1 is 0.421 bits per heavy atom. The van der Waals surface area contributed by atoms with Gasteiger partial charge in [0.25, 0.3) is 0 Å². The summed E-state index contributed by atoms with van der Waals surface area (Å²) in [6.45, 7) is 8.75. The molecule has 0 radical (unpaired) electrons. The summed E-state index contributed by atoms with van der Waals surface area (Å²) in [6, 6.07) is -18.3. The lowest BCUT2D eigenvalue weighted by Crippen LogP contribution is -2.59. The van der Waals surface area contributed by atoms with E-state index in [-0.39, 0.29) is 115 Å². The molecule has 0 aromatic rings. The molecule has 636 valence electrons. The van der Waals surface area contributed by atoms with Crippen molar-refractivity contribution in [3.05, 3.63) is 0 Å². The molecular weight excluding hydrogens is 1500 g/mol. The number of rotatable bonds is 46. The number of amides is 16. The number of carboxylic acid groups (broad SMARTS) is 4. The minimum atomic E-state index is -2.05. The molecular formula is C70H112N20O24. The second-order valence-corrected chi connectivity index (χ2v) is 29.2. The third-order valence-electron chi connectivity index (χ3n) is 19.3. The van der Waals surface area contributed by atoms with Crippen molar-refractivity contribution in [1.82, 2.24) is 88.7 Å². The van der Waals surface area contributed by atoms with Gasteiger partial charge in [0.1, 0.15) is 78.5 Å². The van der Waals surface area contributed by atoms with Crippen molar-refractivity contribution >= 4 is 124 Å². The van der Waals surface area contributed by atoms with E-state index < -0.39 is 242 Å². The van der Waals surface area contributed by atoms with Crippen molar-refractivity contribution in [3.8, 4) is 0 Å². The molecule has 16 amide bonds. The Kier molecular flexibility index (Phi) is 38.8. The molecule has 4 rings (SSSR count). The topological polar surface area (TPSA) is 668 Å². The summed E-state index contributed by atoms with van der Waals surface area (Å²) in [6.07, 6.45) is -0.219. The van der Waals surface area contributed by atoms with Crippen molar-refractivity contribution in [2.45, 2.75) is 243 Å². The van der Waals surface area contributed by atoms with Gasteiger partial charge in [-0.05, 0) is 129 Å². The minimum absolute atomic E-state index is 0.00787. The third kappa shape index (κ3) is 30.6. The smallest absolute Gasteiger partial charge is 0.326 e. The van der Waals surface area contributed by atoms with Crippen LogP contribution >= 0.6 is 0 Å². The predicted molar refractivity (Wildman–Crippen MR) is 398 cm³/mol. The zero-order chi connectivity index (χ0) is 85.4. The van der Waals surface area contributed by atoms with Crippen LogP contribution < -0.4 is 80.6 Å². The summed E-state index contributed by atoms with van der Waals surface area (Å²) in [5, 5.41) is 76.8. The lowest BCUT2D eigenvalue weighted by Gasteiger charge is -2.35. The van der Waals surface area contributed by atoms with Crippen LogP contribution in [0.1, 0.15) is 164 Å². The zero-order valence-electron chi connectivity index (χ0n) is 65.1. The third-order valence-corrected chi connectivity index (χ3v) is 19.3. The normalized spacial score (nSPS) is 18.8. The molecule has 13 atom stereocenters. The van der Waals surface area contributed by atoms with Crippen LogP contribution in [0.3, 0.4) is 0 Å². The number of unbranched alkanes of at least 4 members (excludes halogenated alkanes) is 1. The Morgan fingerprint density at radius 2 is 0.851 bits per heavy atom. The number of nitrogens with one attached hydrogen (secondary N) is 14. The molecule has 44 heteroatoms. The summed E-state index contributed by atoms with van der Waals surface area (Å²) in [5.41, 5.74) is 11.0. The number of carbonyl (C=O) groups is 20. The number of hydrogen-bond donors (Lipinski definition) is 20. The SMILES string of the molecule is CC(=O)NCC(=O)N[C@@H](CCC(=O)O)C(=O)N1CCC[C@H]1C(=O)N1CCC[C@H]1C(=O)N1CCC[C@H]1C(=O)NCC(=O)N[C@@H](CCCCN)C(=O)N1CCC[C@H]1C(=O)N[C@@H](C)C(=O)N[C@@H](CC(=O)O)C(=O)N[C@@H](CC(=O)O)C(=O)N[C@@H](C)C(=O)NCC(=O)N[C@@H](CC(C)C)C(=O)N[C@H](C(=O)N[C@@H](CCCNC(=N)N)C(=O)O)C(C)C. The summed E-state index contributed by atoms with van der Waals surface area (Å²) in [7, 11) is 0. The van der Waals surface area contributed by atoms with Gasteiger partial charge >= 0.3 is 23.9 Å². The van der Waals surface area contributed by atoms with Crippen molar-refractivity contribution < 1.29 is 116 Å². The van der Waals surface area contributed by atoms with Crippen LogP contribution in [0.4, 0.5) is 0 Å². The first-order valence-corrected chi connectivity index (χ1v) is 38.0. The quantitative estimate of drug-likeness (QED) is 0.0153. The van der Waals surface area contributed by atoms with Crippen molar-refractivity contribution in [2.24, 2.45) is 23.3 Å². The van der Waals surface area contributed by atoms with Gasteiger partial charge in [-0.1, -0.05) is 27.7 Å². The second-order valence-electron chi connectivity index (χ2n) is 29.2. The predicted octanol–water partition coefficient (Wildman–Crippen LogP) is -7.28. The van der Waals surface area contributed by atoms with Gasteiger partial charge in [-0.25, -0.2) is 4.79 Å². The maximum absolute atomic E-state index is 14.4. The van der Waals surface area contributed by atoms with Crippen molar-refractivity contribution in [3.63, 3.8) is 0 Å². The summed E-state index contributed by atoms with van der Waals surface area (Å²) < 4.78 is 0. The molecule has 114 heavy (non-hydrogen) atoms. The molecule has 4 saturated heterocycles. The van der Waals surface area contributed by atoms with Crippen LogP contribution in [-0.2, 0) is 95.9 Å². The number of aliphatic carboxylic acids is 4. The Bertz CT molecular complexity index is 3540. The molecule has 0 aliphatic carbocycles. The fourth-order valence-corrected chi connectivity index (χ4v) is 13.4. The minimum Gasteiger partial charge on any atom is -0.481 e. The highest BCUT2D eigenvalue weighted by Crippen LogP contribution is 2.30. The first-order valence-electron chi connectivity index (χ1n) is 38.0. The molecule has 0 spiro atoms. The van der Waals surface area contributed by atoms with E-state index in [9.17, 15) is 116 Å². The van der Waals surface area contributed by atoms with Crippen molar-refractivity contribution in [1.29, 1.82) is 5.41 Å². The number of carboxylic acids is 4. The largest absolute Gasteiger partial charge is 0.481 e. The van der Waals surface area contributed by atoms with Crippen LogP contribution in [0.2, 0.25) is 0 Å². The molecule has 0 saturated carbocycles. The standard InChI is InChI=1S/C70H112N20O24/c1-35(2)29-43(61(105)86-56(36(3)4)64(108)83-42(69(113)114)16-10-24-74-70(72)73)82-52(94)33-76-57(101)37(5)78-59(103)44(30-54(97)98)85-60(104)45(31-55(99)100)84-58(102)38(6)79-63(107)47-18-12-25-87(47)65(109)40(15-8-9-23-71)80-51(93)34-77-62(106)46-17-11-26-88(46)67(111)49-20-14-28-90(49)68(112)48-19-13-27-89(48)66(110)41(21-22-53(95)96)81-50(92)32-75-39(7)91/h35-38,40-49,56H,8-34,71H2,1-7H3,(H,75,91)(H,76,101)(H,77,106)(H,78,103)(H,79,107)(H,80,93)(H,81,92)(H,82,94)(H,83,108)(H,84,102)(H,85,104)(H,86,105)(H,95,96)(H,97,98)(H,99,100)(H,113,114)(H4,72,73,74)/t37-,38-,40-,41-,42-,43-,44-,45-,46-,47-,48-,49-,56-/m0/s1. The van der Waals surface area contributed by atoms with E-state index in [4.69, 9.17) is 16.9 Å². The van der Waals surface area contributed by atoms with Gasteiger partial charge in [-0.3, -0.25) is 96.5 Å². The number of carbonyl (C=O) groups excluding carboxylic acids is 16. The van der Waals surface area contributed by atoms with E-state index in [0.29, 0.717) is 32.1 Å². The van der Waals surface area contributed by atoms with E-state index in [2.05, 4.69) is 69.1 Å². The Balaban J connectivity index is 1.35. The fraction of sp³-hybridized carbons (Fsp3) is 0.700. The molecule has 0 aromatic carbocycles. The maximum atomic E-state index is 14.4. The molecule has 4 aliphatic heterocycles. The summed E-state index contributed by atoms with van der Waals surface area (Å²) in [4.78, 5) is 270. The van der Waals surface area contributed by atoms with Gasteiger partial charge in [0, 0.05) is 46.1 Å². The molecule has 0 unspecified atom stereocenters. The Hall–Kier alpha value is -11.4. The van der Waals surface area contributed by atoms with Gasteiger partial charge in [-0.2, -0.15) is 0 Å². The van der Waals surface area contributed by atoms with Crippen LogP contribution in [0.25, 0.3) is 0 Å². The highest BCUT2D eigenvalue weighted by atomic mass is 16.4. The van der Waals surface area contributed by atoms with E-state index in [1.807, 2.05) is 0 Å². The number of guanidine groups is 1. The number of likely N-dealkylation sites (tertiary alicyclic amines) is 4. The van der Waals surface area contributed by atoms with Gasteiger partial charge < -0.3 is 121 Å². The second kappa shape index (κ2) is 46.6. The average molecular weight is 1620 g/mol. The summed E-state index contributed by atoms with van der Waals surface area (Å²) in [5.74, 6) is -20.9. The fourth-order valence-electron chi connectivity index (χ4n) is 13.4. The monoisotopic (exact) mass is 1620 g/mol. The molecule has 0 aromatic heterocycles. The molecule has 22 N–H and O–H groups in total. The average Bonchev–Trinajstić information content (AvgIpc) is 1.64. The van der Waals surface area contributed by atoms with E-state index in [0.717, 1.165) is 13.8 Å².